The molecular formula is C98H169NO18. The molecule has 12 N–H and O–H groups in total. The Hall–Kier alpha value is -4.07. The summed E-state index contributed by atoms with van der Waals surface area (Å²) in [6, 6.07) is -1.01. The molecule has 17 unspecified atom stereocenters. The predicted molar refractivity (Wildman–Crippen MR) is 475 cm³/mol. The molecule has 3 aliphatic rings. The van der Waals surface area contributed by atoms with E-state index in [-0.39, 0.29) is 18.9 Å². The number of nitrogens with one attached hydrogen (secondary N) is 1. The number of rotatable bonds is 75. The van der Waals surface area contributed by atoms with Crippen LogP contribution in [-0.2, 0) is 33.2 Å². The van der Waals surface area contributed by atoms with E-state index in [1.165, 1.54) is 205 Å². The van der Waals surface area contributed by atoms with E-state index < -0.39 is 124 Å². The van der Waals surface area contributed by atoms with Crippen LogP contribution in [0.1, 0.15) is 348 Å². The Kier molecular flexibility index (Phi) is 69.3. The summed E-state index contributed by atoms with van der Waals surface area (Å²) < 4.78 is 34.5. The molecule has 3 aliphatic heterocycles. The van der Waals surface area contributed by atoms with Gasteiger partial charge < -0.3 is 89.9 Å². The number of amides is 1. The second-order valence-electron chi connectivity index (χ2n) is 32.7. The summed E-state index contributed by atoms with van der Waals surface area (Å²) >= 11 is 0. The van der Waals surface area contributed by atoms with E-state index in [0.29, 0.717) is 12.8 Å². The summed E-state index contributed by atoms with van der Waals surface area (Å²) in [6.45, 7) is 1.63. The highest BCUT2D eigenvalue weighted by molar-refractivity contribution is 5.76. The van der Waals surface area contributed by atoms with Gasteiger partial charge in [0, 0.05) is 6.42 Å². The van der Waals surface area contributed by atoms with E-state index >= 15 is 0 Å². The van der Waals surface area contributed by atoms with E-state index in [9.17, 15) is 61.0 Å². The van der Waals surface area contributed by atoms with Crippen molar-refractivity contribution < 1.29 is 89.4 Å². The number of aliphatic hydroxyl groups is 11. The molecule has 0 aromatic heterocycles. The van der Waals surface area contributed by atoms with Crippen molar-refractivity contribution in [1.29, 1.82) is 0 Å². The third-order valence-electron chi connectivity index (χ3n) is 22.4. The maximum atomic E-state index is 13.5. The first kappa shape index (κ1) is 107. The Balaban J connectivity index is 1.33. The Morgan fingerprint density at radius 1 is 0.316 bits per heavy atom. The molecular weight excluding hydrogens is 1480 g/mol. The summed E-state index contributed by atoms with van der Waals surface area (Å²) in [5, 5.41) is 121. The first-order chi connectivity index (χ1) is 57.3. The molecule has 17 atom stereocenters. The van der Waals surface area contributed by atoms with Crippen molar-refractivity contribution in [2.24, 2.45) is 0 Å². The maximum Gasteiger partial charge on any atom is 0.220 e. The minimum Gasteiger partial charge on any atom is -0.394 e. The zero-order valence-electron chi connectivity index (χ0n) is 72.9. The minimum atomic E-state index is -1.99. The molecule has 3 fully saturated rings. The van der Waals surface area contributed by atoms with Gasteiger partial charge in [0.15, 0.2) is 18.9 Å². The molecule has 19 heteroatoms. The molecule has 1 amide bonds. The molecule has 0 aliphatic carbocycles. The summed E-state index contributed by atoms with van der Waals surface area (Å²) in [5.74, 6) is -0.291. The van der Waals surface area contributed by atoms with Crippen LogP contribution in [0.4, 0.5) is 0 Å². The lowest BCUT2D eigenvalue weighted by atomic mass is 9.96. The number of aliphatic hydroxyl groups excluding tert-OH is 11. The average molecular weight is 1650 g/mol. The van der Waals surface area contributed by atoms with Gasteiger partial charge >= 0.3 is 0 Å². The highest BCUT2D eigenvalue weighted by atomic mass is 16.8. The Labute approximate surface area is 709 Å². The van der Waals surface area contributed by atoms with Gasteiger partial charge in [-0.15, -0.1) is 0 Å². The third kappa shape index (κ3) is 53.6. The highest BCUT2D eigenvalue weighted by Gasteiger charge is 2.54. The SMILES string of the molecule is CC/C=C\C/C=C\C/C=C\C/C=C\C/C=C\C/C=C\C/C=C\C/C=C\CCCCCCCCCCCCCCCCC(=O)NC(COC1OC(CO)C(OC2OC(CO)C(OC3OC(CO)C(O)C(O)C3O)C(O)C2O)C(O)C1O)C(O)/C=C/CC/C=C/CC/C=C/CCCCCCCCCCCCCCCCCCCCCCCCC. The molecule has 0 spiro atoms. The first-order valence-electron chi connectivity index (χ1n) is 46.9. The lowest BCUT2D eigenvalue weighted by molar-refractivity contribution is -0.379. The van der Waals surface area contributed by atoms with Gasteiger partial charge in [0.25, 0.3) is 0 Å². The zero-order valence-corrected chi connectivity index (χ0v) is 72.9. The normalized spacial score (nSPS) is 25.0. The van der Waals surface area contributed by atoms with Crippen LogP contribution in [0.3, 0.4) is 0 Å². The van der Waals surface area contributed by atoms with Gasteiger partial charge in [0.1, 0.15) is 73.2 Å². The molecule has 3 saturated heterocycles. The van der Waals surface area contributed by atoms with Gasteiger partial charge in [-0.3, -0.25) is 4.79 Å². The Morgan fingerprint density at radius 3 is 0.957 bits per heavy atom. The molecule has 117 heavy (non-hydrogen) atoms. The predicted octanol–water partition coefficient (Wildman–Crippen LogP) is 18.7. The van der Waals surface area contributed by atoms with E-state index in [4.69, 9.17) is 28.4 Å². The molecule has 0 bridgehead atoms. The van der Waals surface area contributed by atoms with Crippen molar-refractivity contribution in [3.63, 3.8) is 0 Å². The summed E-state index contributed by atoms with van der Waals surface area (Å²) in [6.07, 6.45) is 83.2. The number of ether oxygens (including phenoxy) is 6. The van der Waals surface area contributed by atoms with Crippen LogP contribution in [0.15, 0.2) is 134 Å². The van der Waals surface area contributed by atoms with Gasteiger partial charge in [-0.1, -0.05) is 366 Å². The molecule has 3 heterocycles. The van der Waals surface area contributed by atoms with Crippen molar-refractivity contribution in [3.8, 4) is 0 Å². The van der Waals surface area contributed by atoms with Gasteiger partial charge in [-0.05, 0) is 109 Å². The van der Waals surface area contributed by atoms with Crippen LogP contribution in [0.5, 0.6) is 0 Å². The lowest BCUT2D eigenvalue weighted by Crippen LogP contribution is -2.66. The highest BCUT2D eigenvalue weighted by Crippen LogP contribution is 2.34. The van der Waals surface area contributed by atoms with Crippen LogP contribution in [-0.4, -0.2) is 193 Å². The smallest absolute Gasteiger partial charge is 0.220 e. The molecule has 0 saturated carbocycles. The zero-order chi connectivity index (χ0) is 84.5. The number of allylic oxidation sites excluding steroid dienone is 21. The topological polar surface area (TPSA) is 307 Å². The van der Waals surface area contributed by atoms with Gasteiger partial charge in [-0.2, -0.15) is 0 Å². The molecule has 19 nitrogen and oxygen atoms in total. The summed E-state index contributed by atoms with van der Waals surface area (Å²) in [5.41, 5.74) is 0. The monoisotopic (exact) mass is 1650 g/mol. The van der Waals surface area contributed by atoms with E-state index in [1.54, 1.807) is 6.08 Å². The largest absolute Gasteiger partial charge is 0.394 e. The molecule has 3 rings (SSSR count). The maximum absolute atomic E-state index is 13.5. The van der Waals surface area contributed by atoms with Crippen LogP contribution in [0.25, 0.3) is 0 Å². The van der Waals surface area contributed by atoms with Crippen LogP contribution >= 0.6 is 0 Å². The van der Waals surface area contributed by atoms with E-state index in [2.05, 4.69) is 141 Å². The first-order valence-corrected chi connectivity index (χ1v) is 46.9. The lowest BCUT2D eigenvalue weighted by Gasteiger charge is -2.48. The van der Waals surface area contributed by atoms with Gasteiger partial charge in [0.05, 0.1) is 38.6 Å². The van der Waals surface area contributed by atoms with E-state index in [0.717, 1.165) is 109 Å². The second-order valence-corrected chi connectivity index (χ2v) is 32.7. The van der Waals surface area contributed by atoms with Crippen LogP contribution in [0.2, 0.25) is 0 Å². The molecule has 0 aromatic rings. The quantitative estimate of drug-likeness (QED) is 0.0199. The summed E-state index contributed by atoms with van der Waals surface area (Å²) in [4.78, 5) is 13.5. The van der Waals surface area contributed by atoms with Crippen molar-refractivity contribution in [2.75, 3.05) is 26.4 Å². The molecule has 0 radical (unpaired) electrons. The van der Waals surface area contributed by atoms with Gasteiger partial charge in [-0.25, -0.2) is 0 Å². The number of unbranched alkanes of at least 4 members (excludes halogenated alkanes) is 39. The third-order valence-corrected chi connectivity index (χ3v) is 22.4. The number of hydrogen-bond acceptors (Lipinski definition) is 18. The van der Waals surface area contributed by atoms with Crippen molar-refractivity contribution in [3.05, 3.63) is 134 Å². The van der Waals surface area contributed by atoms with Crippen molar-refractivity contribution in [1.82, 2.24) is 5.32 Å². The Bertz CT molecular complexity index is 2630. The Morgan fingerprint density at radius 2 is 0.598 bits per heavy atom. The van der Waals surface area contributed by atoms with Crippen LogP contribution in [0, 0.1) is 0 Å². The summed E-state index contributed by atoms with van der Waals surface area (Å²) in [7, 11) is 0. The number of hydrogen-bond donors (Lipinski definition) is 12. The van der Waals surface area contributed by atoms with Crippen molar-refractivity contribution >= 4 is 5.91 Å². The van der Waals surface area contributed by atoms with Crippen molar-refractivity contribution in [2.45, 2.75) is 452 Å². The number of carbonyl (C=O) groups excluding carboxylic acids is 1. The molecule has 674 valence electrons. The second kappa shape index (κ2) is 75.7. The number of carbonyl (C=O) groups is 1. The minimum absolute atomic E-state index is 0.224. The average Bonchev–Trinajstić information content (AvgIpc) is 0.777. The van der Waals surface area contributed by atoms with Crippen LogP contribution < -0.4 is 5.32 Å². The fourth-order valence-electron chi connectivity index (χ4n) is 15.0. The standard InChI is InChI=1S/C98H169NO18/c1-3-5-7-9-11-13-15-17-19-21-23-25-27-29-31-33-35-37-38-39-40-41-42-44-46-48-50-52-54-56-58-60-62-64-66-68-70-72-74-76-86(104)99-81(82(103)75-73-71-69-67-65-63-61-59-57-55-53-51-49-47-45-43-36-34-32-30-28-26-24-22-20-18-16-14-12-10-8-6-4-2)80-112-96-92(110)89(107)94(84(78-101)114-96)117-98-93(111)90(108)95(85(79-102)115-98)116-97-91(109)88(106)87(105)83(77-100)113-97/h5,7,11,13,17,19,23,25,29,31,35,37,39-40,42,44,57,59,65,67,73,75,81-85,87-98,100-103,105-111H,3-4,6,8-10,12,14-16,18,20-22,24,26-28,30,32-34,36,38,41,43,45-56,58,60-64,66,68-72,74,76-80H2,1-2H3,(H,99,104)/b7-5-,13-11-,19-17-,25-23-,31-29-,37-35-,40-39-,44-42-,59-57+,67-65+,75-73+. The van der Waals surface area contributed by atoms with Gasteiger partial charge in [0.2, 0.25) is 5.91 Å². The van der Waals surface area contributed by atoms with E-state index in [1.807, 2.05) is 6.08 Å². The fraction of sp³-hybridized carbons (Fsp3) is 0.765. The fourth-order valence-corrected chi connectivity index (χ4v) is 15.0. The molecule has 0 aromatic carbocycles.